The molecule has 184 valence electrons. The van der Waals surface area contributed by atoms with Crippen LogP contribution in [-0.4, -0.2) is 85.8 Å². The number of rotatable bonds is 8. The van der Waals surface area contributed by atoms with Gasteiger partial charge in [0.25, 0.3) is 5.91 Å². The number of piperazine rings is 1. The summed E-state index contributed by atoms with van der Waals surface area (Å²) < 4.78 is 10.3. The summed E-state index contributed by atoms with van der Waals surface area (Å²) in [6.45, 7) is 5.92. The molecular weight excluding hydrogens is 450 g/mol. The third-order valence-corrected chi connectivity index (χ3v) is 6.52. The van der Waals surface area contributed by atoms with Crippen LogP contribution in [0.25, 0.3) is 0 Å². The minimum Gasteiger partial charge on any atom is -0.496 e. The second-order valence-corrected chi connectivity index (χ2v) is 8.50. The molecule has 1 atom stereocenters. The molecule has 0 aliphatic carbocycles. The van der Waals surface area contributed by atoms with E-state index in [2.05, 4.69) is 16.7 Å². The molecule has 0 saturated carbocycles. The number of benzene rings is 2. The number of methoxy groups -OCH3 is 1. The van der Waals surface area contributed by atoms with E-state index in [1.165, 1.54) is 24.1 Å². The zero-order valence-electron chi connectivity index (χ0n) is 19.9. The van der Waals surface area contributed by atoms with E-state index >= 15 is 0 Å². The second-order valence-electron chi connectivity index (χ2n) is 8.50. The highest BCUT2D eigenvalue weighted by atomic mass is 16.5. The maximum atomic E-state index is 13.1. The van der Waals surface area contributed by atoms with Crippen LogP contribution in [0.2, 0.25) is 0 Å². The summed E-state index contributed by atoms with van der Waals surface area (Å²) in [5, 5.41) is 0. The van der Waals surface area contributed by atoms with Gasteiger partial charge in [0.1, 0.15) is 5.75 Å². The van der Waals surface area contributed by atoms with Gasteiger partial charge in [-0.25, -0.2) is 9.69 Å². The van der Waals surface area contributed by atoms with E-state index in [1.54, 1.807) is 36.4 Å². The number of ketones is 1. The Balaban J connectivity index is 1.36. The molecule has 9 nitrogen and oxygen atoms in total. The minimum absolute atomic E-state index is 0.153. The average molecular weight is 480 g/mol. The fraction of sp³-hybridized carbons (Fsp3) is 0.385. The smallest absolute Gasteiger partial charge is 0.338 e. The summed E-state index contributed by atoms with van der Waals surface area (Å²) in [5.41, 5.74) is 0.958. The summed E-state index contributed by atoms with van der Waals surface area (Å²) in [5.74, 6) is -1.14. The third-order valence-electron chi connectivity index (χ3n) is 6.52. The summed E-state index contributed by atoms with van der Waals surface area (Å²) >= 11 is 0. The van der Waals surface area contributed by atoms with Crippen molar-refractivity contribution in [2.24, 2.45) is 0 Å². The van der Waals surface area contributed by atoms with Gasteiger partial charge in [0.15, 0.2) is 6.61 Å². The number of amides is 2. The van der Waals surface area contributed by atoms with Crippen LogP contribution in [0.4, 0.5) is 5.69 Å². The molecule has 2 fully saturated rings. The van der Waals surface area contributed by atoms with E-state index < -0.39 is 18.6 Å². The fourth-order valence-corrected chi connectivity index (χ4v) is 4.48. The molecule has 2 aliphatic heterocycles. The molecule has 2 amide bonds. The van der Waals surface area contributed by atoms with Gasteiger partial charge in [-0.2, -0.15) is 0 Å². The maximum Gasteiger partial charge on any atom is 0.338 e. The van der Waals surface area contributed by atoms with E-state index in [4.69, 9.17) is 9.47 Å². The number of carbonyl (C=O) groups is 4. The quantitative estimate of drug-likeness (QED) is 0.322. The highest BCUT2D eigenvalue weighted by molar-refractivity contribution is 6.22. The molecular formula is C26H29N3O6. The van der Waals surface area contributed by atoms with Crippen LogP contribution in [0.5, 0.6) is 5.75 Å². The van der Waals surface area contributed by atoms with Crippen molar-refractivity contribution >= 4 is 29.3 Å². The topological polar surface area (TPSA) is 96.5 Å². The molecule has 2 aliphatic rings. The predicted octanol–water partition coefficient (Wildman–Crippen LogP) is 2.00. The van der Waals surface area contributed by atoms with Crippen LogP contribution in [0.1, 0.15) is 34.1 Å². The van der Waals surface area contributed by atoms with Crippen LogP contribution in [0.15, 0.2) is 48.5 Å². The number of carbonyl (C=O) groups excluding carboxylic acids is 4. The summed E-state index contributed by atoms with van der Waals surface area (Å²) in [7, 11) is 1.46. The monoisotopic (exact) mass is 479 g/mol. The van der Waals surface area contributed by atoms with Crippen molar-refractivity contribution < 1.29 is 28.7 Å². The van der Waals surface area contributed by atoms with E-state index in [0.717, 1.165) is 32.7 Å². The zero-order valence-corrected chi connectivity index (χ0v) is 19.9. The van der Waals surface area contributed by atoms with E-state index in [0.29, 0.717) is 17.0 Å². The first-order chi connectivity index (χ1) is 16.9. The number of esters is 1. The zero-order chi connectivity index (χ0) is 24.9. The highest BCUT2D eigenvalue weighted by Gasteiger charge is 2.43. The van der Waals surface area contributed by atoms with Crippen molar-refractivity contribution in [3.63, 3.8) is 0 Å². The molecule has 0 spiro atoms. The maximum absolute atomic E-state index is 13.1. The van der Waals surface area contributed by atoms with Crippen LogP contribution in [0.3, 0.4) is 0 Å². The summed E-state index contributed by atoms with van der Waals surface area (Å²) in [4.78, 5) is 56.2. The first-order valence-electron chi connectivity index (χ1n) is 11.7. The number of likely N-dealkylation sites (N-methyl/N-ethyl adjacent to an activating group) is 1. The Morgan fingerprint density at radius 3 is 2.31 bits per heavy atom. The Kier molecular flexibility index (Phi) is 7.57. The van der Waals surface area contributed by atoms with Crippen molar-refractivity contribution in [1.29, 1.82) is 0 Å². The number of Topliss-reactive ketones (excluding diaryl/α,β-unsaturated/α-hetero) is 1. The van der Waals surface area contributed by atoms with Gasteiger partial charge in [-0.1, -0.05) is 19.1 Å². The van der Waals surface area contributed by atoms with Crippen molar-refractivity contribution in [1.82, 2.24) is 9.80 Å². The average Bonchev–Trinajstić information content (AvgIpc) is 3.20. The minimum atomic E-state index is -0.675. The molecule has 9 heteroatoms. The van der Waals surface area contributed by atoms with Crippen molar-refractivity contribution in [3.8, 4) is 5.75 Å². The van der Waals surface area contributed by atoms with Crippen LogP contribution >= 0.6 is 0 Å². The Morgan fingerprint density at radius 2 is 1.66 bits per heavy atom. The van der Waals surface area contributed by atoms with Gasteiger partial charge in [0, 0.05) is 26.2 Å². The van der Waals surface area contributed by atoms with E-state index in [1.807, 2.05) is 0 Å². The largest absolute Gasteiger partial charge is 0.496 e. The number of nitrogens with zero attached hydrogens (tertiary/aromatic N) is 3. The van der Waals surface area contributed by atoms with Crippen LogP contribution in [-0.2, 0) is 14.3 Å². The Labute approximate surface area is 204 Å². The molecule has 2 heterocycles. The molecule has 4 rings (SSSR count). The lowest BCUT2D eigenvalue weighted by atomic mass is 10.1. The number of hydrogen-bond donors (Lipinski definition) is 0. The molecule has 2 saturated heterocycles. The number of hydrogen-bond acceptors (Lipinski definition) is 8. The molecule has 0 bridgehead atoms. The second kappa shape index (κ2) is 10.8. The summed E-state index contributed by atoms with van der Waals surface area (Å²) in [6.07, 6.45) is 0.153. The molecule has 0 radical (unpaired) electrons. The highest BCUT2D eigenvalue weighted by Crippen LogP contribution is 2.27. The van der Waals surface area contributed by atoms with Gasteiger partial charge in [0.05, 0.1) is 36.4 Å². The molecule has 35 heavy (non-hydrogen) atoms. The number of imide groups is 1. The van der Waals surface area contributed by atoms with Gasteiger partial charge in [0.2, 0.25) is 11.7 Å². The standard InChI is InChI=1S/C26H29N3O6/c1-3-27-12-14-28(15-13-27)21-16-24(31)29(25(21)32)19-10-8-18(9-11-19)26(33)35-17-22(30)20-6-4-5-7-23(20)34-2/h4-11,21H,3,12-17H2,1-2H3. The first-order valence-corrected chi connectivity index (χ1v) is 11.7. The molecule has 1 unspecified atom stereocenters. The molecule has 0 aromatic heterocycles. The van der Waals surface area contributed by atoms with Crippen LogP contribution in [0, 0.1) is 0 Å². The lowest BCUT2D eigenvalue weighted by Crippen LogP contribution is -2.52. The lowest BCUT2D eigenvalue weighted by molar-refractivity contribution is -0.123. The number of ether oxygens (including phenoxy) is 2. The van der Waals surface area contributed by atoms with Gasteiger partial charge in [-0.05, 0) is 42.9 Å². The Hall–Kier alpha value is -3.56. The molecule has 2 aromatic rings. The SMILES string of the molecule is CCN1CCN(C2CC(=O)N(c3ccc(C(=O)OCC(=O)c4ccccc4OC)cc3)C2=O)CC1. The van der Waals surface area contributed by atoms with Crippen molar-refractivity contribution in [2.75, 3.05) is 51.3 Å². The number of para-hydroxylation sites is 1. The number of anilines is 1. The lowest BCUT2D eigenvalue weighted by Gasteiger charge is -2.36. The van der Waals surface area contributed by atoms with Crippen molar-refractivity contribution in [2.45, 2.75) is 19.4 Å². The molecule has 2 aromatic carbocycles. The fourth-order valence-electron chi connectivity index (χ4n) is 4.48. The van der Waals surface area contributed by atoms with E-state index in [9.17, 15) is 19.2 Å². The van der Waals surface area contributed by atoms with Gasteiger partial charge in [-0.15, -0.1) is 0 Å². The third kappa shape index (κ3) is 5.26. The Morgan fingerprint density at radius 1 is 0.971 bits per heavy atom. The van der Waals surface area contributed by atoms with Gasteiger partial charge in [-0.3, -0.25) is 19.3 Å². The van der Waals surface area contributed by atoms with Crippen LogP contribution < -0.4 is 9.64 Å². The van der Waals surface area contributed by atoms with E-state index in [-0.39, 0.29) is 29.6 Å². The molecule has 0 N–H and O–H groups in total. The Bertz CT molecular complexity index is 1110. The van der Waals surface area contributed by atoms with Crippen molar-refractivity contribution in [3.05, 3.63) is 59.7 Å². The summed E-state index contributed by atoms with van der Waals surface area (Å²) in [6, 6.07) is 12.3. The predicted molar refractivity (Wildman–Crippen MR) is 129 cm³/mol. The first kappa shape index (κ1) is 24.6. The van der Waals surface area contributed by atoms with Gasteiger partial charge >= 0.3 is 5.97 Å². The normalized spacial score (nSPS) is 19.1. The van der Waals surface area contributed by atoms with Gasteiger partial charge < -0.3 is 14.4 Å².